The van der Waals surface area contributed by atoms with Crippen LogP contribution in [-0.2, 0) is 6.54 Å². The van der Waals surface area contributed by atoms with Gasteiger partial charge in [0.2, 0.25) is 0 Å². The van der Waals surface area contributed by atoms with Gasteiger partial charge in [-0.25, -0.2) is 14.2 Å². The molecule has 0 aromatic carbocycles. The van der Waals surface area contributed by atoms with Crippen LogP contribution in [0.1, 0.15) is 5.56 Å². The number of aromatic amines is 1. The highest BCUT2D eigenvalue weighted by molar-refractivity contribution is 6.29. The molecule has 0 saturated heterocycles. The second-order valence-corrected chi connectivity index (χ2v) is 4.02. The number of H-pyrrole nitrogens is 1. The molecule has 0 aliphatic carbocycles. The Bertz CT molecular complexity index is 552. The number of anilines is 1. The minimum Gasteiger partial charge on any atom is -0.414 e. The summed E-state index contributed by atoms with van der Waals surface area (Å²) in [7, 11) is 0. The Morgan fingerprint density at radius 1 is 1.50 bits per heavy atom. The van der Waals surface area contributed by atoms with E-state index in [4.69, 9.17) is 11.6 Å². The predicted octanol–water partition coefficient (Wildman–Crippen LogP) is 1.99. The highest BCUT2D eigenvalue weighted by Crippen LogP contribution is 2.13. The Hall–Kier alpha value is -1.82. The molecule has 18 heavy (non-hydrogen) atoms. The molecule has 0 bridgehead atoms. The van der Waals surface area contributed by atoms with Crippen LogP contribution >= 0.6 is 11.6 Å². The molecule has 0 atom stereocenters. The topological polar surface area (TPSA) is 62.1 Å². The van der Waals surface area contributed by atoms with Crippen LogP contribution in [-0.4, -0.2) is 23.2 Å². The van der Waals surface area contributed by atoms with Gasteiger partial charge in [0.05, 0.1) is 0 Å². The van der Waals surface area contributed by atoms with Crippen molar-refractivity contribution in [2.45, 2.75) is 6.54 Å². The van der Waals surface area contributed by atoms with Crippen molar-refractivity contribution < 1.29 is 8.81 Å². The summed E-state index contributed by atoms with van der Waals surface area (Å²) in [4.78, 5) is 19.0. The summed E-state index contributed by atoms with van der Waals surface area (Å²) in [5.74, 6) is -0.129. The number of nitrogens with zero attached hydrogens (tertiary/aromatic N) is 2. The molecule has 0 fully saturated rings. The van der Waals surface area contributed by atoms with Crippen LogP contribution in [0.15, 0.2) is 33.8 Å². The van der Waals surface area contributed by atoms with Gasteiger partial charge >= 0.3 is 5.76 Å². The molecule has 0 radical (unpaired) electrons. The maximum atomic E-state index is 12.5. The summed E-state index contributed by atoms with van der Waals surface area (Å²) in [5.41, 5.74) is 0.856. The Balaban J connectivity index is 2.15. The summed E-state index contributed by atoms with van der Waals surface area (Å²) >= 11 is 5.68. The van der Waals surface area contributed by atoms with Gasteiger partial charge in [-0.3, -0.25) is 4.98 Å². The van der Waals surface area contributed by atoms with Gasteiger partial charge in [0.25, 0.3) is 0 Å². The zero-order chi connectivity index (χ0) is 13.0. The van der Waals surface area contributed by atoms with E-state index in [9.17, 15) is 9.18 Å². The Labute approximate surface area is 107 Å². The first kappa shape index (κ1) is 12.6. The number of pyridine rings is 1. The number of halogens is 2. The number of nitrogens with one attached hydrogen (secondary N) is 1. The largest absolute Gasteiger partial charge is 0.417 e. The third kappa shape index (κ3) is 3.10. The first-order valence-electron chi connectivity index (χ1n) is 5.28. The fourth-order valence-corrected chi connectivity index (χ4v) is 1.65. The van der Waals surface area contributed by atoms with Crippen LogP contribution < -0.4 is 10.7 Å². The molecular weight excluding hydrogens is 261 g/mol. The number of hydrogen-bond donors (Lipinski definition) is 1. The molecule has 1 N–H and O–H groups in total. The van der Waals surface area contributed by atoms with Crippen LogP contribution in [0, 0.1) is 0 Å². The van der Waals surface area contributed by atoms with Gasteiger partial charge in [-0.2, -0.15) is 0 Å². The number of hydrogen-bond acceptors (Lipinski definition) is 4. The Morgan fingerprint density at radius 2 is 2.33 bits per heavy atom. The van der Waals surface area contributed by atoms with Crippen LogP contribution in [0.25, 0.3) is 0 Å². The van der Waals surface area contributed by atoms with Crippen molar-refractivity contribution in [3.63, 3.8) is 0 Å². The molecule has 0 aliphatic heterocycles. The summed E-state index contributed by atoms with van der Waals surface area (Å²) in [5, 5.41) is 0.396. The molecule has 0 spiro atoms. The molecule has 96 valence electrons. The molecular formula is C11H11ClFN3O2. The lowest BCUT2D eigenvalue weighted by Gasteiger charge is -2.20. The third-order valence-electron chi connectivity index (χ3n) is 2.36. The number of aromatic nitrogens is 2. The minimum absolute atomic E-state index is 0.151. The molecule has 0 saturated carbocycles. The second kappa shape index (κ2) is 5.68. The van der Waals surface area contributed by atoms with E-state index in [0.717, 1.165) is 5.56 Å². The molecule has 0 amide bonds. The van der Waals surface area contributed by atoms with Crippen molar-refractivity contribution in [1.82, 2.24) is 9.97 Å². The Morgan fingerprint density at radius 3 is 2.89 bits per heavy atom. The molecule has 7 heteroatoms. The van der Waals surface area contributed by atoms with Gasteiger partial charge in [0.1, 0.15) is 23.9 Å². The quantitative estimate of drug-likeness (QED) is 0.845. The van der Waals surface area contributed by atoms with Crippen LogP contribution in [0.3, 0.4) is 0 Å². The number of oxazole rings is 1. The van der Waals surface area contributed by atoms with Crippen LogP contribution in [0.2, 0.25) is 5.15 Å². The molecule has 0 unspecified atom stereocenters. The van der Waals surface area contributed by atoms with Crippen molar-refractivity contribution in [3.05, 3.63) is 45.9 Å². The lowest BCUT2D eigenvalue weighted by Crippen LogP contribution is -2.26. The van der Waals surface area contributed by atoms with Gasteiger partial charge in [-0.15, -0.1) is 0 Å². The monoisotopic (exact) mass is 271 g/mol. The first-order chi connectivity index (χ1) is 8.69. The standard InChI is InChI=1S/C11H11ClFN3O2/c12-9-2-1-8(5-14-9)6-16(4-3-13)10-7-18-11(17)15-10/h1-2,5,7H,3-4,6H2,(H,15,17). The molecule has 2 aromatic rings. The van der Waals surface area contributed by atoms with Gasteiger partial charge in [0.15, 0.2) is 0 Å². The average molecular weight is 272 g/mol. The maximum absolute atomic E-state index is 12.5. The second-order valence-electron chi connectivity index (χ2n) is 3.63. The lowest BCUT2D eigenvalue weighted by molar-refractivity contribution is 0.487. The van der Waals surface area contributed by atoms with Gasteiger partial charge in [0, 0.05) is 19.3 Å². The van der Waals surface area contributed by atoms with Crippen LogP contribution in [0.5, 0.6) is 0 Å². The molecule has 2 aromatic heterocycles. The van der Waals surface area contributed by atoms with E-state index >= 15 is 0 Å². The summed E-state index contributed by atoms with van der Waals surface area (Å²) in [6, 6.07) is 3.45. The summed E-state index contributed by atoms with van der Waals surface area (Å²) < 4.78 is 17.1. The van der Waals surface area contributed by atoms with Crippen LogP contribution in [0.4, 0.5) is 10.2 Å². The van der Waals surface area contributed by atoms with E-state index < -0.39 is 12.4 Å². The fraction of sp³-hybridized carbons (Fsp3) is 0.273. The third-order valence-corrected chi connectivity index (χ3v) is 2.59. The summed E-state index contributed by atoms with van der Waals surface area (Å²) in [6.07, 6.45) is 2.87. The molecule has 0 aliphatic rings. The SMILES string of the molecule is O=c1[nH]c(N(CCF)Cc2ccc(Cl)nc2)co1. The molecule has 2 rings (SSSR count). The summed E-state index contributed by atoms with van der Waals surface area (Å²) in [6.45, 7) is 0.0237. The number of alkyl halides is 1. The normalized spacial score (nSPS) is 10.6. The highest BCUT2D eigenvalue weighted by atomic mass is 35.5. The maximum Gasteiger partial charge on any atom is 0.417 e. The van der Waals surface area contributed by atoms with E-state index in [1.807, 2.05) is 0 Å². The van der Waals surface area contributed by atoms with E-state index in [1.54, 1.807) is 23.2 Å². The van der Waals surface area contributed by atoms with Crippen molar-refractivity contribution in [3.8, 4) is 0 Å². The van der Waals surface area contributed by atoms with E-state index in [0.29, 0.717) is 17.5 Å². The zero-order valence-corrected chi connectivity index (χ0v) is 10.2. The van der Waals surface area contributed by atoms with Crippen molar-refractivity contribution in [2.24, 2.45) is 0 Å². The smallest absolute Gasteiger partial charge is 0.414 e. The van der Waals surface area contributed by atoms with Crippen molar-refractivity contribution in [2.75, 3.05) is 18.1 Å². The molecule has 5 nitrogen and oxygen atoms in total. The van der Waals surface area contributed by atoms with Crippen molar-refractivity contribution >= 4 is 17.4 Å². The van der Waals surface area contributed by atoms with E-state index in [2.05, 4.69) is 14.4 Å². The Kier molecular flexibility index (Phi) is 3.99. The van der Waals surface area contributed by atoms with Gasteiger partial charge in [-0.05, 0) is 11.6 Å². The lowest BCUT2D eigenvalue weighted by atomic mass is 10.2. The first-order valence-corrected chi connectivity index (χ1v) is 5.66. The highest BCUT2D eigenvalue weighted by Gasteiger charge is 2.10. The van der Waals surface area contributed by atoms with E-state index in [-0.39, 0.29) is 6.54 Å². The van der Waals surface area contributed by atoms with E-state index in [1.165, 1.54) is 6.26 Å². The molecule has 2 heterocycles. The fourth-order valence-electron chi connectivity index (χ4n) is 1.53. The van der Waals surface area contributed by atoms with Crippen molar-refractivity contribution in [1.29, 1.82) is 0 Å². The average Bonchev–Trinajstić information content (AvgIpc) is 2.78. The zero-order valence-electron chi connectivity index (χ0n) is 9.40. The van der Waals surface area contributed by atoms with Gasteiger partial charge in [-0.1, -0.05) is 17.7 Å². The minimum atomic E-state index is -0.567. The number of rotatable bonds is 5. The van der Waals surface area contributed by atoms with Gasteiger partial charge < -0.3 is 9.32 Å². The predicted molar refractivity (Wildman–Crippen MR) is 65.6 cm³/mol.